The Morgan fingerprint density at radius 3 is 2.62 bits per heavy atom. The Morgan fingerprint density at radius 1 is 1.12 bits per heavy atom. The smallest absolute Gasteiger partial charge is 0.351 e. The van der Waals surface area contributed by atoms with Crippen LogP contribution < -0.4 is 5.32 Å². The maximum Gasteiger partial charge on any atom is 0.416 e. The molecule has 1 amide bonds. The molecule has 1 aromatic heterocycles. The van der Waals surface area contributed by atoms with E-state index in [1.807, 2.05) is 0 Å². The molecular weight excluding hydrogens is 341 g/mol. The van der Waals surface area contributed by atoms with Crippen LogP contribution in [0.25, 0.3) is 10.9 Å². The molecule has 1 heterocycles. The minimum atomic E-state index is -4.46. The van der Waals surface area contributed by atoms with Crippen molar-refractivity contribution in [3.8, 4) is 0 Å². The molecular formula is C17H12ClF3N2O. The van der Waals surface area contributed by atoms with E-state index < -0.39 is 17.6 Å². The lowest BCUT2D eigenvalue weighted by molar-refractivity contribution is -0.138. The number of aromatic nitrogens is 1. The van der Waals surface area contributed by atoms with Crippen molar-refractivity contribution in [3.05, 3.63) is 70.4 Å². The summed E-state index contributed by atoms with van der Waals surface area (Å²) in [7, 11) is 0. The van der Waals surface area contributed by atoms with Crippen molar-refractivity contribution in [2.24, 2.45) is 0 Å². The fourth-order valence-corrected chi connectivity index (χ4v) is 2.63. The molecule has 0 aliphatic carbocycles. The standard InChI is InChI=1S/C17H12ClF3N2O/c18-12-5-6-14-11(7-12)8-15(23-14)16(24)22-9-10-3-1-2-4-13(10)17(19,20)21/h1-8,23H,9H2,(H,22,24). The van der Waals surface area contributed by atoms with E-state index in [2.05, 4.69) is 10.3 Å². The predicted molar refractivity (Wildman–Crippen MR) is 85.9 cm³/mol. The van der Waals surface area contributed by atoms with Gasteiger partial charge in [0.1, 0.15) is 5.69 Å². The van der Waals surface area contributed by atoms with Gasteiger partial charge in [-0.1, -0.05) is 29.8 Å². The summed E-state index contributed by atoms with van der Waals surface area (Å²) in [6, 6.07) is 11.9. The van der Waals surface area contributed by atoms with Crippen molar-refractivity contribution in [2.75, 3.05) is 0 Å². The fourth-order valence-electron chi connectivity index (χ4n) is 2.45. The topological polar surface area (TPSA) is 44.9 Å². The summed E-state index contributed by atoms with van der Waals surface area (Å²) in [6.07, 6.45) is -4.46. The van der Waals surface area contributed by atoms with Crippen molar-refractivity contribution in [1.82, 2.24) is 10.3 Å². The maximum atomic E-state index is 12.9. The number of fused-ring (bicyclic) bond motifs is 1. The highest BCUT2D eigenvalue weighted by atomic mass is 35.5. The number of nitrogens with one attached hydrogen (secondary N) is 2. The second kappa shape index (κ2) is 6.20. The Morgan fingerprint density at radius 2 is 1.88 bits per heavy atom. The molecule has 3 rings (SSSR count). The summed E-state index contributed by atoms with van der Waals surface area (Å²) < 4.78 is 38.8. The average molecular weight is 353 g/mol. The normalized spacial score (nSPS) is 11.7. The Bertz CT molecular complexity index is 902. The van der Waals surface area contributed by atoms with E-state index in [-0.39, 0.29) is 17.8 Å². The number of halogens is 4. The number of rotatable bonds is 3. The van der Waals surface area contributed by atoms with E-state index in [9.17, 15) is 18.0 Å². The molecule has 0 saturated carbocycles. The minimum Gasteiger partial charge on any atom is -0.351 e. The number of amides is 1. The van der Waals surface area contributed by atoms with E-state index in [0.717, 1.165) is 17.0 Å². The van der Waals surface area contributed by atoms with Crippen LogP contribution in [0.1, 0.15) is 21.6 Å². The summed E-state index contributed by atoms with van der Waals surface area (Å²) in [5.74, 6) is -0.487. The third kappa shape index (κ3) is 3.38. The van der Waals surface area contributed by atoms with Crippen molar-refractivity contribution in [3.63, 3.8) is 0 Å². The first-order valence-corrected chi connectivity index (χ1v) is 7.44. The van der Waals surface area contributed by atoms with Gasteiger partial charge in [0.05, 0.1) is 5.56 Å². The predicted octanol–water partition coefficient (Wildman–Crippen LogP) is 4.77. The molecule has 0 radical (unpaired) electrons. The van der Waals surface area contributed by atoms with E-state index in [4.69, 9.17) is 11.6 Å². The van der Waals surface area contributed by atoms with Gasteiger partial charge < -0.3 is 10.3 Å². The van der Waals surface area contributed by atoms with Crippen LogP contribution in [0.3, 0.4) is 0 Å². The van der Waals surface area contributed by atoms with Gasteiger partial charge in [0.2, 0.25) is 0 Å². The van der Waals surface area contributed by atoms with Crippen molar-refractivity contribution in [2.45, 2.75) is 12.7 Å². The number of carbonyl (C=O) groups is 1. The van der Waals surface area contributed by atoms with Crippen LogP contribution in [0.15, 0.2) is 48.5 Å². The quantitative estimate of drug-likeness (QED) is 0.700. The lowest BCUT2D eigenvalue weighted by Gasteiger charge is -2.12. The van der Waals surface area contributed by atoms with Crippen molar-refractivity contribution >= 4 is 28.4 Å². The Labute approximate surface area is 140 Å². The molecule has 0 saturated heterocycles. The Kier molecular flexibility index (Phi) is 4.24. The Balaban J connectivity index is 1.78. The van der Waals surface area contributed by atoms with Gasteiger partial charge in [0.15, 0.2) is 0 Å². The third-order valence-electron chi connectivity index (χ3n) is 3.59. The zero-order valence-corrected chi connectivity index (χ0v) is 13.0. The minimum absolute atomic E-state index is 0.0116. The lowest BCUT2D eigenvalue weighted by Crippen LogP contribution is -2.24. The first-order valence-electron chi connectivity index (χ1n) is 7.06. The van der Waals surface area contributed by atoms with Crippen LogP contribution in [0.4, 0.5) is 13.2 Å². The van der Waals surface area contributed by atoms with Crippen LogP contribution in [0.5, 0.6) is 0 Å². The lowest BCUT2D eigenvalue weighted by atomic mass is 10.1. The fraction of sp³-hybridized carbons (Fsp3) is 0.118. The molecule has 2 N–H and O–H groups in total. The van der Waals surface area contributed by atoms with E-state index in [1.165, 1.54) is 18.2 Å². The molecule has 0 aliphatic heterocycles. The highest BCUT2D eigenvalue weighted by molar-refractivity contribution is 6.31. The molecule has 0 fully saturated rings. The van der Waals surface area contributed by atoms with E-state index >= 15 is 0 Å². The van der Waals surface area contributed by atoms with Gasteiger partial charge in [0.25, 0.3) is 5.91 Å². The van der Waals surface area contributed by atoms with Gasteiger partial charge in [-0.25, -0.2) is 0 Å². The van der Waals surface area contributed by atoms with Gasteiger partial charge in [-0.3, -0.25) is 4.79 Å². The zero-order valence-electron chi connectivity index (χ0n) is 12.2. The zero-order chi connectivity index (χ0) is 17.3. The molecule has 3 aromatic rings. The van der Waals surface area contributed by atoms with Crippen LogP contribution in [0, 0.1) is 0 Å². The van der Waals surface area contributed by atoms with Gasteiger partial charge >= 0.3 is 6.18 Å². The van der Waals surface area contributed by atoms with Crippen molar-refractivity contribution < 1.29 is 18.0 Å². The molecule has 124 valence electrons. The molecule has 0 aliphatic rings. The Hall–Kier alpha value is -2.47. The van der Waals surface area contributed by atoms with Gasteiger partial charge in [-0.15, -0.1) is 0 Å². The summed E-state index contributed by atoms with van der Waals surface area (Å²) in [5, 5.41) is 3.79. The first-order chi connectivity index (χ1) is 11.3. The van der Waals surface area contributed by atoms with Crippen LogP contribution in [-0.2, 0) is 12.7 Å². The highest BCUT2D eigenvalue weighted by Gasteiger charge is 2.32. The molecule has 7 heteroatoms. The second-order valence-electron chi connectivity index (χ2n) is 5.25. The van der Waals surface area contributed by atoms with Gasteiger partial charge in [-0.2, -0.15) is 13.2 Å². The third-order valence-corrected chi connectivity index (χ3v) is 3.82. The molecule has 0 spiro atoms. The second-order valence-corrected chi connectivity index (χ2v) is 5.69. The van der Waals surface area contributed by atoms with Gasteiger partial charge in [0, 0.05) is 22.5 Å². The summed E-state index contributed by atoms with van der Waals surface area (Å²) in [5.41, 5.74) is 0.239. The number of hydrogen-bond acceptors (Lipinski definition) is 1. The molecule has 24 heavy (non-hydrogen) atoms. The summed E-state index contributed by atoms with van der Waals surface area (Å²) in [6.45, 7) is -0.218. The SMILES string of the molecule is O=C(NCc1ccccc1C(F)(F)F)c1cc2cc(Cl)ccc2[nH]1. The van der Waals surface area contributed by atoms with Crippen LogP contribution in [-0.4, -0.2) is 10.9 Å². The number of hydrogen-bond donors (Lipinski definition) is 2. The van der Waals surface area contributed by atoms with Crippen molar-refractivity contribution in [1.29, 1.82) is 0 Å². The highest BCUT2D eigenvalue weighted by Crippen LogP contribution is 2.31. The molecule has 0 unspecified atom stereocenters. The summed E-state index contributed by atoms with van der Waals surface area (Å²) in [4.78, 5) is 15.1. The van der Waals surface area contributed by atoms with Crippen LogP contribution >= 0.6 is 11.6 Å². The van der Waals surface area contributed by atoms with E-state index in [1.54, 1.807) is 24.3 Å². The number of benzene rings is 2. The van der Waals surface area contributed by atoms with Crippen LogP contribution in [0.2, 0.25) is 5.02 Å². The molecule has 3 nitrogen and oxygen atoms in total. The number of carbonyl (C=O) groups excluding carboxylic acids is 1. The number of H-pyrrole nitrogens is 1. The first kappa shape index (κ1) is 16.4. The maximum absolute atomic E-state index is 12.9. The van der Waals surface area contributed by atoms with E-state index in [0.29, 0.717) is 5.02 Å². The molecule has 2 aromatic carbocycles. The number of alkyl halides is 3. The molecule has 0 bridgehead atoms. The molecule has 0 atom stereocenters. The monoisotopic (exact) mass is 352 g/mol. The van der Waals surface area contributed by atoms with Gasteiger partial charge in [-0.05, 0) is 35.9 Å². The summed E-state index contributed by atoms with van der Waals surface area (Å²) >= 11 is 5.89. The number of aromatic amines is 1. The largest absolute Gasteiger partial charge is 0.416 e. The average Bonchev–Trinajstić information content (AvgIpc) is 2.95.